The summed E-state index contributed by atoms with van der Waals surface area (Å²) in [5, 5.41) is 14.0. The van der Waals surface area contributed by atoms with Crippen LogP contribution in [-0.4, -0.2) is 35.1 Å². The van der Waals surface area contributed by atoms with Crippen LogP contribution < -0.4 is 11.5 Å². The Morgan fingerprint density at radius 3 is 1.69 bits per heavy atom. The van der Waals surface area contributed by atoms with Crippen LogP contribution in [0.15, 0.2) is 0 Å². The molecule has 0 fully saturated rings. The van der Waals surface area contributed by atoms with E-state index in [1.54, 1.807) is 0 Å². The Hall–Kier alpha value is -0.400. The van der Waals surface area contributed by atoms with Crippen LogP contribution in [0.4, 0.5) is 0 Å². The molecular weight excluding hydrogens is 208 g/mol. The fourth-order valence-corrected chi connectivity index (χ4v) is 1.37. The number of ether oxygens (including phenoxy) is 1. The van der Waals surface area contributed by atoms with Crippen LogP contribution in [0.5, 0.6) is 0 Å². The van der Waals surface area contributed by atoms with E-state index >= 15 is 0 Å². The largest absolute Gasteiger partial charge is 0.380 e. The van der Waals surface area contributed by atoms with Crippen molar-refractivity contribution in [2.45, 2.75) is 0 Å². The summed E-state index contributed by atoms with van der Waals surface area (Å²) in [6.45, 7) is 1.14. The fourth-order valence-electron chi connectivity index (χ4n) is 0.523. The SMILES string of the molecule is N=C(N)SCCOCCSC(=N)N. The highest BCUT2D eigenvalue weighted by molar-refractivity contribution is 8.13. The predicted molar refractivity (Wildman–Crippen MR) is 59.6 cm³/mol. The van der Waals surface area contributed by atoms with E-state index in [0.29, 0.717) is 24.7 Å². The minimum atomic E-state index is 0.113. The van der Waals surface area contributed by atoms with E-state index in [9.17, 15) is 0 Å². The summed E-state index contributed by atoms with van der Waals surface area (Å²) in [6, 6.07) is 0. The van der Waals surface area contributed by atoms with Gasteiger partial charge in [0.15, 0.2) is 10.3 Å². The van der Waals surface area contributed by atoms with E-state index in [1.807, 2.05) is 0 Å². The van der Waals surface area contributed by atoms with E-state index in [1.165, 1.54) is 23.5 Å². The minimum Gasteiger partial charge on any atom is -0.380 e. The van der Waals surface area contributed by atoms with Gasteiger partial charge in [-0.1, -0.05) is 23.5 Å². The van der Waals surface area contributed by atoms with E-state index in [2.05, 4.69) is 0 Å². The van der Waals surface area contributed by atoms with Crippen LogP contribution in [0.1, 0.15) is 0 Å². The molecule has 0 saturated heterocycles. The highest BCUT2D eigenvalue weighted by Crippen LogP contribution is 1.99. The topological polar surface area (TPSA) is 109 Å². The van der Waals surface area contributed by atoms with Crippen molar-refractivity contribution in [2.24, 2.45) is 11.5 Å². The zero-order chi connectivity index (χ0) is 10.1. The zero-order valence-electron chi connectivity index (χ0n) is 7.21. The summed E-state index contributed by atoms with van der Waals surface area (Å²) >= 11 is 2.52. The van der Waals surface area contributed by atoms with E-state index in [-0.39, 0.29) is 10.3 Å². The first-order valence-corrected chi connectivity index (χ1v) is 5.61. The van der Waals surface area contributed by atoms with Crippen molar-refractivity contribution in [3.63, 3.8) is 0 Å². The van der Waals surface area contributed by atoms with Crippen LogP contribution in [0, 0.1) is 10.8 Å². The van der Waals surface area contributed by atoms with Gasteiger partial charge in [-0.15, -0.1) is 0 Å². The quantitative estimate of drug-likeness (QED) is 0.293. The third-order valence-corrected chi connectivity index (χ3v) is 2.33. The van der Waals surface area contributed by atoms with Gasteiger partial charge >= 0.3 is 0 Å². The number of hydrogen-bond acceptors (Lipinski definition) is 5. The van der Waals surface area contributed by atoms with Gasteiger partial charge in [0.1, 0.15) is 0 Å². The summed E-state index contributed by atoms with van der Waals surface area (Å²) in [6.07, 6.45) is 0. The lowest BCUT2D eigenvalue weighted by molar-refractivity contribution is 0.167. The molecule has 0 radical (unpaired) electrons. The van der Waals surface area contributed by atoms with Crippen molar-refractivity contribution in [2.75, 3.05) is 24.7 Å². The van der Waals surface area contributed by atoms with Crippen molar-refractivity contribution in [3.8, 4) is 0 Å². The van der Waals surface area contributed by atoms with Crippen molar-refractivity contribution in [1.82, 2.24) is 0 Å². The number of hydrogen-bond donors (Lipinski definition) is 4. The molecule has 0 aromatic rings. The molecule has 0 heterocycles. The van der Waals surface area contributed by atoms with Gasteiger partial charge in [-0.25, -0.2) is 0 Å². The monoisotopic (exact) mass is 222 g/mol. The van der Waals surface area contributed by atoms with Crippen molar-refractivity contribution in [1.29, 1.82) is 10.8 Å². The Morgan fingerprint density at radius 2 is 1.38 bits per heavy atom. The van der Waals surface area contributed by atoms with Gasteiger partial charge in [0.05, 0.1) is 13.2 Å². The first-order chi connectivity index (χ1) is 6.13. The molecule has 0 aromatic carbocycles. The highest BCUT2D eigenvalue weighted by atomic mass is 32.2. The second-order valence-electron chi connectivity index (χ2n) is 2.04. The van der Waals surface area contributed by atoms with Crippen LogP contribution in [0.25, 0.3) is 0 Å². The van der Waals surface area contributed by atoms with Crippen molar-refractivity contribution >= 4 is 33.9 Å². The molecule has 0 amide bonds. The average molecular weight is 222 g/mol. The maximum absolute atomic E-state index is 6.90. The molecule has 0 aromatic heterocycles. The molecule has 13 heavy (non-hydrogen) atoms. The zero-order valence-corrected chi connectivity index (χ0v) is 8.84. The standard InChI is InChI=1S/C6H14N4OS2/c7-5(8)12-3-1-11-2-4-13-6(9)10/h1-4H2,(H3,7,8)(H3,9,10). The summed E-state index contributed by atoms with van der Waals surface area (Å²) in [7, 11) is 0. The molecule has 7 heteroatoms. The lowest BCUT2D eigenvalue weighted by atomic mass is 10.8. The molecule has 76 valence electrons. The first kappa shape index (κ1) is 12.6. The third-order valence-electron chi connectivity index (χ3n) is 0.970. The molecule has 0 unspecified atom stereocenters. The molecule has 0 aliphatic rings. The Morgan fingerprint density at radius 1 is 1.00 bits per heavy atom. The van der Waals surface area contributed by atoms with Crippen LogP contribution in [-0.2, 0) is 4.74 Å². The lowest BCUT2D eigenvalue weighted by Crippen LogP contribution is -2.10. The molecule has 0 rings (SSSR count). The first-order valence-electron chi connectivity index (χ1n) is 3.64. The maximum atomic E-state index is 6.90. The molecular formula is C6H14N4OS2. The molecule has 0 aliphatic carbocycles. The van der Waals surface area contributed by atoms with Gasteiger partial charge in [0.25, 0.3) is 0 Å². The Labute approximate surface area is 86.0 Å². The van der Waals surface area contributed by atoms with Gasteiger partial charge < -0.3 is 16.2 Å². The molecule has 0 aliphatic heterocycles. The summed E-state index contributed by atoms with van der Waals surface area (Å²) in [5.74, 6) is 1.39. The summed E-state index contributed by atoms with van der Waals surface area (Å²) in [4.78, 5) is 0. The van der Waals surface area contributed by atoms with Gasteiger partial charge in [-0.3, -0.25) is 10.8 Å². The van der Waals surface area contributed by atoms with Crippen LogP contribution in [0.2, 0.25) is 0 Å². The number of amidine groups is 2. The second-order valence-corrected chi connectivity index (χ2v) is 4.31. The molecule has 0 bridgehead atoms. The van der Waals surface area contributed by atoms with Gasteiger partial charge in [-0.2, -0.15) is 0 Å². The van der Waals surface area contributed by atoms with Crippen LogP contribution in [0.3, 0.4) is 0 Å². The smallest absolute Gasteiger partial charge is 0.151 e. The Balaban J connectivity index is 3.00. The molecule has 5 nitrogen and oxygen atoms in total. The highest BCUT2D eigenvalue weighted by Gasteiger charge is 1.93. The van der Waals surface area contributed by atoms with Gasteiger partial charge in [-0.05, 0) is 0 Å². The molecule has 0 saturated carbocycles. The Kier molecular flexibility index (Phi) is 7.96. The number of rotatable bonds is 6. The summed E-state index contributed by atoms with van der Waals surface area (Å²) in [5.41, 5.74) is 10.2. The predicted octanol–water partition coefficient (Wildman–Crippen LogP) is 0.256. The average Bonchev–Trinajstić information content (AvgIpc) is 2.01. The van der Waals surface area contributed by atoms with E-state index in [4.69, 9.17) is 27.0 Å². The summed E-state index contributed by atoms with van der Waals surface area (Å²) < 4.78 is 5.19. The third kappa shape index (κ3) is 11.6. The molecule has 0 atom stereocenters. The number of thioether (sulfide) groups is 2. The number of nitrogens with two attached hydrogens (primary N) is 2. The van der Waals surface area contributed by atoms with E-state index in [0.717, 1.165) is 0 Å². The van der Waals surface area contributed by atoms with E-state index < -0.39 is 0 Å². The lowest BCUT2D eigenvalue weighted by Gasteiger charge is -2.02. The Bertz CT molecular complexity index is 158. The van der Waals surface area contributed by atoms with Crippen molar-refractivity contribution < 1.29 is 4.74 Å². The van der Waals surface area contributed by atoms with Crippen molar-refractivity contribution in [3.05, 3.63) is 0 Å². The second kappa shape index (κ2) is 8.21. The number of nitrogens with one attached hydrogen (secondary N) is 2. The van der Waals surface area contributed by atoms with Gasteiger partial charge in [0.2, 0.25) is 0 Å². The molecule has 6 N–H and O–H groups in total. The molecule has 0 spiro atoms. The fraction of sp³-hybridized carbons (Fsp3) is 0.667. The van der Waals surface area contributed by atoms with Gasteiger partial charge in [0, 0.05) is 11.5 Å². The maximum Gasteiger partial charge on any atom is 0.151 e. The minimum absolute atomic E-state index is 0.113. The van der Waals surface area contributed by atoms with Crippen LogP contribution >= 0.6 is 23.5 Å². The normalized spacial score (nSPS) is 9.85.